The third-order valence-corrected chi connectivity index (χ3v) is 14.2. The van der Waals surface area contributed by atoms with Crippen LogP contribution in [0, 0.1) is 18.3 Å². The molecule has 16 heteroatoms. The van der Waals surface area contributed by atoms with Gasteiger partial charge in [0, 0.05) is 26.7 Å². The zero-order chi connectivity index (χ0) is 45.8. The van der Waals surface area contributed by atoms with Crippen LogP contribution >= 0.6 is 34.5 Å². The van der Waals surface area contributed by atoms with Gasteiger partial charge in [-0.3, -0.25) is 4.79 Å². The molecule has 3 heterocycles. The van der Waals surface area contributed by atoms with Crippen LogP contribution in [0.1, 0.15) is 52.1 Å². The topological polar surface area (TPSA) is 163 Å². The second kappa shape index (κ2) is 22.7. The van der Waals surface area contributed by atoms with Gasteiger partial charge in [-0.05, 0) is 114 Å². The molecular formula is C48H47Cl2N5O7S2. The summed E-state index contributed by atoms with van der Waals surface area (Å²) in [6, 6.07) is 34.2. The molecule has 8 rings (SSSR count). The van der Waals surface area contributed by atoms with Crippen LogP contribution in [0.5, 0.6) is 17.2 Å². The van der Waals surface area contributed by atoms with Crippen molar-refractivity contribution in [1.82, 2.24) is 14.6 Å². The van der Waals surface area contributed by atoms with Gasteiger partial charge >= 0.3 is 0 Å². The maximum atomic E-state index is 14.5. The number of halogens is 2. The van der Waals surface area contributed by atoms with E-state index in [9.17, 15) is 9.00 Å². The van der Waals surface area contributed by atoms with Crippen molar-refractivity contribution in [2.75, 3.05) is 32.1 Å². The summed E-state index contributed by atoms with van der Waals surface area (Å²) in [6.07, 6.45) is 0.608. The van der Waals surface area contributed by atoms with Crippen LogP contribution in [0.3, 0.4) is 0 Å². The van der Waals surface area contributed by atoms with E-state index in [2.05, 4.69) is 21.7 Å². The van der Waals surface area contributed by atoms with Gasteiger partial charge in [0.1, 0.15) is 47.0 Å². The molecule has 1 amide bonds. The van der Waals surface area contributed by atoms with Crippen molar-refractivity contribution in [3.05, 3.63) is 152 Å². The second-order valence-corrected chi connectivity index (χ2v) is 17.9. The van der Waals surface area contributed by atoms with E-state index >= 15 is 0 Å². The van der Waals surface area contributed by atoms with Gasteiger partial charge < -0.3 is 34.7 Å². The first-order valence-electron chi connectivity index (χ1n) is 20.3. The number of nitrogens with zero attached hydrogens (tertiary/aromatic N) is 3. The van der Waals surface area contributed by atoms with Gasteiger partial charge in [0.25, 0.3) is 0 Å². The van der Waals surface area contributed by atoms with Crippen molar-refractivity contribution < 1.29 is 33.1 Å². The minimum absolute atomic E-state index is 0.198. The lowest BCUT2D eigenvalue weighted by molar-refractivity contribution is -0.125. The highest BCUT2D eigenvalue weighted by atomic mass is 35.5. The lowest BCUT2D eigenvalue weighted by atomic mass is 9.94. The number of benzene rings is 5. The standard InChI is InChI=1S/C46H41Cl2N5O5S2.CH4O.CH2O/c1-3-50-46-52-28(2)45(59-46)60(55)53-25-36-23-42-41(57-27-43(58-42)34-13-15-37(16-14-34)56-26-31-8-17-38(47)39(48)20-31)22-35(36)21-40(53)44(54)51-19-18-29-4-9-32(10-5-29)33-11-6-30(24-49)7-12-33;2*1-2/h4-17,20,22-23,40,43H,3,18-19,21,25-27H2,1-2H3,(H,50,52)(H,51,54);2H,1H3;1H2. The molecule has 5 aromatic carbocycles. The SMILES string of the molecule is C=O.CCNc1nc(C)c(S(=O)N2Cc3cc4c(cc3CC2C(=O)NCCc2ccc(-c3ccc(C#N)cc3)cc2)OCC(c2ccc(OCc3ccc(Cl)c(Cl)c3)cc2)O4)s1.CO. The molecule has 0 saturated carbocycles. The predicted octanol–water partition coefficient (Wildman–Crippen LogP) is 9.05. The lowest BCUT2D eigenvalue weighted by Crippen LogP contribution is -2.51. The normalized spacial score (nSPS) is 15.5. The summed E-state index contributed by atoms with van der Waals surface area (Å²) < 4.78 is 35.6. The number of ether oxygens (including phenoxy) is 3. The lowest BCUT2D eigenvalue weighted by Gasteiger charge is -2.36. The Bertz CT molecular complexity index is 2600. The number of nitrogens with one attached hydrogen (secondary N) is 2. The number of aliphatic hydroxyl groups excluding tert-OH is 1. The molecule has 0 bridgehead atoms. The summed E-state index contributed by atoms with van der Waals surface area (Å²) in [5, 5.41) is 24.2. The van der Waals surface area contributed by atoms with Crippen molar-refractivity contribution in [1.29, 1.82) is 5.26 Å². The molecule has 332 valence electrons. The number of carbonyl (C=O) groups is 2. The van der Waals surface area contributed by atoms with Crippen molar-refractivity contribution >= 4 is 63.4 Å². The molecule has 0 aliphatic carbocycles. The van der Waals surface area contributed by atoms with Crippen LogP contribution in [0.2, 0.25) is 10.0 Å². The van der Waals surface area contributed by atoms with Crippen LogP contribution in [-0.4, -0.2) is 64.1 Å². The fourth-order valence-corrected chi connectivity index (χ4v) is 10.3. The fourth-order valence-electron chi connectivity index (χ4n) is 7.19. The Balaban J connectivity index is 0.00000165. The van der Waals surface area contributed by atoms with Crippen LogP contribution in [0.25, 0.3) is 11.1 Å². The monoisotopic (exact) mass is 939 g/mol. The maximum Gasteiger partial charge on any atom is 0.238 e. The summed E-state index contributed by atoms with van der Waals surface area (Å²) in [6.45, 7) is 7.85. The largest absolute Gasteiger partial charge is 0.489 e. The smallest absolute Gasteiger partial charge is 0.238 e. The van der Waals surface area contributed by atoms with E-state index in [1.807, 2.05) is 112 Å². The van der Waals surface area contributed by atoms with E-state index in [1.165, 1.54) is 11.3 Å². The first-order valence-corrected chi connectivity index (χ1v) is 23.0. The van der Waals surface area contributed by atoms with E-state index < -0.39 is 17.0 Å². The number of carbonyl (C=O) groups excluding carboxylic acids is 2. The molecule has 64 heavy (non-hydrogen) atoms. The van der Waals surface area contributed by atoms with Crippen LogP contribution in [-0.2, 0) is 46.6 Å². The van der Waals surface area contributed by atoms with E-state index in [0.29, 0.717) is 87.0 Å². The first kappa shape index (κ1) is 47.7. The number of amides is 1. The number of rotatable bonds is 13. The number of anilines is 1. The zero-order valence-corrected chi connectivity index (χ0v) is 38.6. The maximum absolute atomic E-state index is 14.5. The number of hydrogen-bond acceptors (Lipinski definition) is 11. The van der Waals surface area contributed by atoms with E-state index in [4.69, 9.17) is 52.6 Å². The molecule has 3 N–H and O–H groups in total. The zero-order valence-electron chi connectivity index (χ0n) is 35.4. The van der Waals surface area contributed by atoms with Crippen molar-refractivity contribution in [2.45, 2.75) is 56.2 Å². The Morgan fingerprint density at radius 3 is 2.30 bits per heavy atom. The van der Waals surface area contributed by atoms with Gasteiger partial charge in [0.2, 0.25) is 5.91 Å². The van der Waals surface area contributed by atoms with Gasteiger partial charge in [0.15, 0.2) is 22.7 Å². The summed E-state index contributed by atoms with van der Waals surface area (Å²) in [5.74, 6) is 1.70. The second-order valence-electron chi connectivity index (χ2n) is 14.5. The average Bonchev–Trinajstić information content (AvgIpc) is 3.71. The van der Waals surface area contributed by atoms with Gasteiger partial charge in [-0.2, -0.15) is 5.26 Å². The quantitative estimate of drug-likeness (QED) is 0.102. The number of nitriles is 1. The molecule has 0 fully saturated rings. The highest BCUT2D eigenvalue weighted by molar-refractivity contribution is 7.85. The van der Waals surface area contributed by atoms with Crippen LogP contribution in [0.15, 0.2) is 107 Å². The molecule has 1 aromatic heterocycles. The number of aromatic nitrogens is 1. The van der Waals surface area contributed by atoms with Crippen LogP contribution in [0.4, 0.5) is 5.13 Å². The summed E-state index contributed by atoms with van der Waals surface area (Å²) >= 11 is 13.6. The minimum atomic E-state index is -1.67. The molecule has 12 nitrogen and oxygen atoms in total. The fraction of sp³-hybridized carbons (Fsp3) is 0.250. The van der Waals surface area contributed by atoms with E-state index in [1.54, 1.807) is 16.4 Å². The number of thiazole rings is 1. The molecule has 2 aliphatic rings. The van der Waals surface area contributed by atoms with Crippen molar-refractivity contribution in [2.24, 2.45) is 0 Å². The van der Waals surface area contributed by atoms with E-state index in [-0.39, 0.29) is 18.6 Å². The van der Waals surface area contributed by atoms with Gasteiger partial charge in [-0.1, -0.05) is 89.1 Å². The Morgan fingerprint density at radius 1 is 0.953 bits per heavy atom. The van der Waals surface area contributed by atoms with E-state index in [0.717, 1.165) is 46.1 Å². The minimum Gasteiger partial charge on any atom is -0.489 e. The molecule has 3 unspecified atom stereocenters. The number of aliphatic hydroxyl groups is 1. The number of hydrogen-bond donors (Lipinski definition) is 3. The molecule has 0 spiro atoms. The molecular weight excluding hydrogens is 894 g/mol. The Labute approximate surface area is 389 Å². The molecule has 0 radical (unpaired) electrons. The van der Waals surface area contributed by atoms with Gasteiger partial charge in [-0.15, -0.1) is 0 Å². The average molecular weight is 941 g/mol. The highest BCUT2D eigenvalue weighted by Gasteiger charge is 2.38. The molecule has 0 saturated heterocycles. The summed E-state index contributed by atoms with van der Waals surface area (Å²) in [7, 11) is -0.670. The highest BCUT2D eigenvalue weighted by Crippen LogP contribution is 2.42. The third-order valence-electron chi connectivity index (χ3n) is 10.4. The molecule has 6 aromatic rings. The van der Waals surface area contributed by atoms with Crippen molar-refractivity contribution in [3.8, 4) is 34.4 Å². The summed E-state index contributed by atoms with van der Waals surface area (Å²) in [4.78, 5) is 26.7. The number of fused-ring (bicyclic) bond motifs is 2. The first-order chi connectivity index (χ1) is 31.1. The number of aryl methyl sites for hydroxylation is 1. The Hall–Kier alpha value is -5.79. The predicted molar refractivity (Wildman–Crippen MR) is 252 cm³/mol. The summed E-state index contributed by atoms with van der Waals surface area (Å²) in [5.41, 5.74) is 8.14. The molecule has 2 aliphatic heterocycles. The molecule has 3 atom stereocenters. The van der Waals surface area contributed by atoms with Gasteiger partial charge in [-0.25, -0.2) is 13.5 Å². The third kappa shape index (κ3) is 11.5. The van der Waals surface area contributed by atoms with Crippen molar-refractivity contribution in [3.63, 3.8) is 0 Å². The van der Waals surface area contributed by atoms with Gasteiger partial charge in [0.05, 0.1) is 27.4 Å². The van der Waals surface area contributed by atoms with Crippen LogP contribution < -0.4 is 24.8 Å². The Morgan fingerprint density at radius 2 is 1.62 bits per heavy atom. The Kier molecular flexibility index (Phi) is 16.9.